The number of aromatic nitrogens is 3. The largest absolute Gasteiger partial charge is 0.325 e. The highest BCUT2D eigenvalue weighted by molar-refractivity contribution is 7.99. The summed E-state index contributed by atoms with van der Waals surface area (Å²) in [7, 11) is 0. The van der Waals surface area contributed by atoms with Crippen molar-refractivity contribution in [1.29, 1.82) is 0 Å². The second-order valence-corrected chi connectivity index (χ2v) is 8.59. The number of anilines is 1. The third-order valence-electron chi connectivity index (χ3n) is 4.30. The van der Waals surface area contributed by atoms with E-state index in [0.29, 0.717) is 31.7 Å². The normalized spacial score (nSPS) is 10.8. The van der Waals surface area contributed by atoms with Crippen LogP contribution in [-0.4, -0.2) is 26.4 Å². The number of carbonyl (C=O) groups is 1. The molecule has 0 radical (unpaired) electrons. The Bertz CT molecular complexity index is 1230. The number of hydrogen-bond donors (Lipinski definition) is 1. The molecule has 1 aromatic heterocycles. The van der Waals surface area contributed by atoms with Gasteiger partial charge in [0.1, 0.15) is 0 Å². The summed E-state index contributed by atoms with van der Waals surface area (Å²) in [5.74, 6) is 0.530. The Hall–Kier alpha value is -2.51. The lowest BCUT2D eigenvalue weighted by Crippen LogP contribution is -2.14. The predicted octanol–water partition coefficient (Wildman–Crippen LogP) is 6.63. The topological polar surface area (TPSA) is 59.8 Å². The summed E-state index contributed by atoms with van der Waals surface area (Å²) in [5.41, 5.74) is 2.20. The first kappa shape index (κ1) is 21.7. The molecule has 0 aliphatic rings. The number of hydrogen-bond acceptors (Lipinski definition) is 4. The van der Waals surface area contributed by atoms with Gasteiger partial charge in [0.15, 0.2) is 11.0 Å². The SMILES string of the molecule is O=C(CSc1nnc(-c2ccccc2Cl)n1-c1ccccc1)Nc1ccc(Cl)c(Cl)c1. The molecule has 0 spiro atoms. The van der Waals surface area contributed by atoms with Crippen LogP contribution in [-0.2, 0) is 4.79 Å². The standard InChI is InChI=1S/C22H15Cl3N4OS/c23-17-9-5-4-8-16(17)21-27-28-22(29(21)15-6-2-1-3-7-15)31-13-20(30)26-14-10-11-18(24)19(25)12-14/h1-12H,13H2,(H,26,30). The molecular formula is C22H15Cl3N4OS. The molecule has 0 aliphatic carbocycles. The number of nitrogens with zero attached hydrogens (tertiary/aromatic N) is 3. The number of thioether (sulfide) groups is 1. The zero-order valence-electron chi connectivity index (χ0n) is 15.9. The van der Waals surface area contributed by atoms with E-state index >= 15 is 0 Å². The first-order chi connectivity index (χ1) is 15.0. The zero-order valence-corrected chi connectivity index (χ0v) is 19.0. The van der Waals surface area contributed by atoms with Gasteiger partial charge >= 0.3 is 0 Å². The lowest BCUT2D eigenvalue weighted by Gasteiger charge is -2.11. The fourth-order valence-electron chi connectivity index (χ4n) is 2.89. The first-order valence-corrected chi connectivity index (χ1v) is 11.3. The maximum absolute atomic E-state index is 12.5. The van der Waals surface area contributed by atoms with Gasteiger partial charge in [-0.2, -0.15) is 0 Å². The van der Waals surface area contributed by atoms with Crippen molar-refractivity contribution in [3.63, 3.8) is 0 Å². The van der Waals surface area contributed by atoms with Crippen molar-refractivity contribution in [2.24, 2.45) is 0 Å². The summed E-state index contributed by atoms with van der Waals surface area (Å²) in [4.78, 5) is 12.5. The molecule has 0 unspecified atom stereocenters. The highest BCUT2D eigenvalue weighted by Gasteiger charge is 2.19. The van der Waals surface area contributed by atoms with Gasteiger partial charge in [-0.15, -0.1) is 10.2 Å². The van der Waals surface area contributed by atoms with Crippen LogP contribution in [0.3, 0.4) is 0 Å². The molecule has 0 fully saturated rings. The van der Waals surface area contributed by atoms with Crippen LogP contribution in [0.1, 0.15) is 0 Å². The molecule has 1 N–H and O–H groups in total. The van der Waals surface area contributed by atoms with Gasteiger partial charge in [0.05, 0.1) is 20.8 Å². The zero-order chi connectivity index (χ0) is 21.8. The summed E-state index contributed by atoms with van der Waals surface area (Å²) < 4.78 is 1.89. The Balaban J connectivity index is 1.59. The number of carbonyl (C=O) groups excluding carboxylic acids is 1. The van der Waals surface area contributed by atoms with Crippen LogP contribution in [0.4, 0.5) is 5.69 Å². The van der Waals surface area contributed by atoms with Crippen LogP contribution in [0.25, 0.3) is 17.1 Å². The van der Waals surface area contributed by atoms with Crippen LogP contribution in [0.2, 0.25) is 15.1 Å². The number of halogens is 3. The predicted molar refractivity (Wildman–Crippen MR) is 128 cm³/mol. The molecule has 9 heteroatoms. The molecule has 0 saturated carbocycles. The average Bonchev–Trinajstić information content (AvgIpc) is 3.19. The van der Waals surface area contributed by atoms with Crippen molar-refractivity contribution in [1.82, 2.24) is 14.8 Å². The molecule has 31 heavy (non-hydrogen) atoms. The molecule has 1 heterocycles. The Morgan fingerprint density at radius 2 is 1.61 bits per heavy atom. The van der Waals surface area contributed by atoms with Crippen LogP contribution in [0.5, 0.6) is 0 Å². The first-order valence-electron chi connectivity index (χ1n) is 9.16. The van der Waals surface area contributed by atoms with E-state index in [1.165, 1.54) is 11.8 Å². The molecule has 0 aliphatic heterocycles. The van der Waals surface area contributed by atoms with Gasteiger partial charge in [0.25, 0.3) is 0 Å². The van der Waals surface area contributed by atoms with Crippen molar-refractivity contribution < 1.29 is 4.79 Å². The van der Waals surface area contributed by atoms with E-state index in [-0.39, 0.29) is 11.7 Å². The molecule has 4 rings (SSSR count). The van der Waals surface area contributed by atoms with E-state index in [0.717, 1.165) is 11.3 Å². The minimum Gasteiger partial charge on any atom is -0.325 e. The fourth-order valence-corrected chi connectivity index (χ4v) is 4.16. The van der Waals surface area contributed by atoms with Crippen molar-refractivity contribution in [2.75, 3.05) is 11.1 Å². The highest BCUT2D eigenvalue weighted by Crippen LogP contribution is 2.32. The van der Waals surface area contributed by atoms with Crippen LogP contribution >= 0.6 is 46.6 Å². The molecule has 4 aromatic rings. The second kappa shape index (κ2) is 9.75. The number of amides is 1. The fraction of sp³-hybridized carbons (Fsp3) is 0.0455. The molecule has 156 valence electrons. The number of para-hydroxylation sites is 1. The van der Waals surface area contributed by atoms with Gasteiger partial charge in [-0.1, -0.05) is 76.9 Å². The maximum atomic E-state index is 12.5. The van der Waals surface area contributed by atoms with Gasteiger partial charge in [-0.05, 0) is 42.5 Å². The third-order valence-corrected chi connectivity index (χ3v) is 6.30. The average molecular weight is 490 g/mol. The molecule has 1 amide bonds. The Labute approximate surface area is 198 Å². The maximum Gasteiger partial charge on any atom is 0.234 e. The molecular weight excluding hydrogens is 475 g/mol. The van der Waals surface area contributed by atoms with Crippen molar-refractivity contribution >= 4 is 58.2 Å². The molecule has 0 saturated heterocycles. The molecule has 0 atom stereocenters. The van der Waals surface area contributed by atoms with Gasteiger partial charge in [-0.25, -0.2) is 0 Å². The Morgan fingerprint density at radius 3 is 2.35 bits per heavy atom. The number of nitrogens with one attached hydrogen (secondary N) is 1. The lowest BCUT2D eigenvalue weighted by molar-refractivity contribution is -0.113. The van der Waals surface area contributed by atoms with Crippen molar-refractivity contribution in [3.05, 3.63) is 87.9 Å². The van der Waals surface area contributed by atoms with E-state index in [4.69, 9.17) is 34.8 Å². The molecule has 3 aromatic carbocycles. The van der Waals surface area contributed by atoms with Crippen molar-refractivity contribution in [2.45, 2.75) is 5.16 Å². The summed E-state index contributed by atoms with van der Waals surface area (Å²) in [5, 5.41) is 13.4. The van der Waals surface area contributed by atoms with Gasteiger partial charge < -0.3 is 5.32 Å². The highest BCUT2D eigenvalue weighted by atomic mass is 35.5. The molecule has 5 nitrogen and oxygen atoms in total. The van der Waals surface area contributed by atoms with E-state index in [1.807, 2.05) is 53.1 Å². The monoisotopic (exact) mass is 488 g/mol. The van der Waals surface area contributed by atoms with Gasteiger partial charge in [0.2, 0.25) is 5.91 Å². The van der Waals surface area contributed by atoms with Crippen LogP contribution in [0, 0.1) is 0 Å². The van der Waals surface area contributed by atoms with E-state index in [9.17, 15) is 4.79 Å². The second-order valence-electron chi connectivity index (χ2n) is 6.42. The summed E-state index contributed by atoms with van der Waals surface area (Å²) >= 11 is 19.6. The van der Waals surface area contributed by atoms with E-state index in [2.05, 4.69) is 15.5 Å². The molecule has 0 bridgehead atoms. The van der Waals surface area contributed by atoms with E-state index < -0.39 is 0 Å². The minimum absolute atomic E-state index is 0.133. The summed E-state index contributed by atoms with van der Waals surface area (Å²) in [6.07, 6.45) is 0. The number of rotatable bonds is 6. The van der Waals surface area contributed by atoms with Crippen molar-refractivity contribution in [3.8, 4) is 17.1 Å². The van der Waals surface area contributed by atoms with Crippen LogP contribution in [0.15, 0.2) is 78.0 Å². The third kappa shape index (κ3) is 5.05. The van der Waals surface area contributed by atoms with Gasteiger partial charge in [-0.3, -0.25) is 9.36 Å². The Kier molecular flexibility index (Phi) is 6.83. The Morgan fingerprint density at radius 1 is 0.871 bits per heavy atom. The quantitative estimate of drug-likeness (QED) is 0.309. The number of benzene rings is 3. The smallest absolute Gasteiger partial charge is 0.234 e. The lowest BCUT2D eigenvalue weighted by atomic mass is 10.2. The van der Waals surface area contributed by atoms with Crippen LogP contribution < -0.4 is 5.32 Å². The summed E-state index contributed by atoms with van der Waals surface area (Å²) in [6, 6.07) is 22.1. The van der Waals surface area contributed by atoms with E-state index in [1.54, 1.807) is 24.3 Å². The summed E-state index contributed by atoms with van der Waals surface area (Å²) in [6.45, 7) is 0. The minimum atomic E-state index is -0.203. The van der Waals surface area contributed by atoms with Gasteiger partial charge in [0, 0.05) is 16.9 Å².